The molecule has 5 nitrogen and oxygen atoms in total. The van der Waals surface area contributed by atoms with Crippen LogP contribution in [-0.4, -0.2) is 41.7 Å². The number of amides is 1. The molecule has 0 unspecified atom stereocenters. The predicted molar refractivity (Wildman–Crippen MR) is 115 cm³/mol. The van der Waals surface area contributed by atoms with E-state index in [-0.39, 0.29) is 18.6 Å². The number of aliphatic hydroxyl groups excluding tert-OH is 1. The van der Waals surface area contributed by atoms with Crippen LogP contribution in [0.4, 0.5) is 5.69 Å². The molecule has 1 fully saturated rings. The second kappa shape index (κ2) is 9.78. The first-order chi connectivity index (χ1) is 14.0. The molecule has 0 radical (unpaired) electrons. The molecule has 152 valence electrons. The zero-order valence-electron chi connectivity index (χ0n) is 16.6. The molecular formula is C23H26ClN3O2. The Labute approximate surface area is 177 Å². The quantitative estimate of drug-likeness (QED) is 0.750. The van der Waals surface area contributed by atoms with Crippen molar-refractivity contribution >= 4 is 23.2 Å². The Morgan fingerprint density at radius 3 is 2.83 bits per heavy atom. The molecule has 0 spiro atoms. The normalized spacial score (nSPS) is 15.9. The minimum absolute atomic E-state index is 0.0339. The van der Waals surface area contributed by atoms with Gasteiger partial charge in [0.25, 0.3) is 0 Å². The van der Waals surface area contributed by atoms with Gasteiger partial charge in [-0.05, 0) is 49.1 Å². The first kappa shape index (κ1) is 21.2. The summed E-state index contributed by atoms with van der Waals surface area (Å²) in [4.78, 5) is 16.6. The smallest absolute Gasteiger partial charge is 0.222 e. The fraction of sp³-hybridized carbons (Fsp3) is 0.391. The number of rotatable bonds is 7. The maximum atomic E-state index is 12.4. The Balaban J connectivity index is 1.86. The Hall–Kier alpha value is -2.55. The second-order valence-corrected chi connectivity index (χ2v) is 7.85. The summed E-state index contributed by atoms with van der Waals surface area (Å²) in [5.74, 6) is 0.0928. The summed E-state index contributed by atoms with van der Waals surface area (Å²) in [6.07, 6.45) is 1.75. The summed E-state index contributed by atoms with van der Waals surface area (Å²) in [7, 11) is 0. The van der Waals surface area contributed by atoms with E-state index in [9.17, 15) is 10.1 Å². The molecule has 6 heteroatoms. The lowest BCUT2D eigenvalue weighted by molar-refractivity contribution is -0.130. The van der Waals surface area contributed by atoms with Crippen LogP contribution in [0, 0.1) is 18.3 Å². The van der Waals surface area contributed by atoms with Crippen LogP contribution in [0.5, 0.6) is 0 Å². The van der Waals surface area contributed by atoms with Gasteiger partial charge in [-0.3, -0.25) is 4.79 Å². The standard InChI is InChI=1S/C23H26ClN3O2/c1-17-5-2-3-6-19(17)15-27(20-9-8-18(14-25)22(24)13-20)21-10-11-26(16-21)23(29)7-4-12-28/h2-3,5-6,8-9,13,21,28H,4,7,10-12,15-16H2,1H3/t21-/m0/s1. The SMILES string of the molecule is Cc1ccccc1CN(c1ccc(C#N)c(Cl)c1)[C@H]1CCN(C(=O)CCCO)C1. The highest BCUT2D eigenvalue weighted by Crippen LogP contribution is 2.30. The Bertz CT molecular complexity index is 909. The van der Waals surface area contributed by atoms with E-state index in [1.54, 1.807) is 6.07 Å². The van der Waals surface area contributed by atoms with E-state index in [0.29, 0.717) is 43.1 Å². The van der Waals surface area contributed by atoms with Gasteiger partial charge in [0.1, 0.15) is 6.07 Å². The third-order valence-corrected chi connectivity index (χ3v) is 5.83. The third kappa shape index (κ3) is 5.09. The number of aliphatic hydroxyl groups is 1. The van der Waals surface area contributed by atoms with E-state index >= 15 is 0 Å². The van der Waals surface area contributed by atoms with Gasteiger partial charge in [-0.25, -0.2) is 0 Å². The van der Waals surface area contributed by atoms with E-state index in [0.717, 1.165) is 12.1 Å². The molecule has 2 aromatic rings. The van der Waals surface area contributed by atoms with Gasteiger partial charge in [0, 0.05) is 44.4 Å². The number of hydrogen-bond donors (Lipinski definition) is 1. The molecular weight excluding hydrogens is 386 g/mol. The van der Waals surface area contributed by atoms with Gasteiger partial charge in [-0.2, -0.15) is 5.26 Å². The second-order valence-electron chi connectivity index (χ2n) is 7.44. The lowest BCUT2D eigenvalue weighted by atomic mass is 10.1. The van der Waals surface area contributed by atoms with Gasteiger partial charge < -0.3 is 14.9 Å². The molecule has 1 aliphatic rings. The molecule has 1 amide bonds. The van der Waals surface area contributed by atoms with Crippen LogP contribution in [-0.2, 0) is 11.3 Å². The monoisotopic (exact) mass is 411 g/mol. The first-order valence-corrected chi connectivity index (χ1v) is 10.3. The van der Waals surface area contributed by atoms with Crippen molar-refractivity contribution in [3.63, 3.8) is 0 Å². The Morgan fingerprint density at radius 2 is 2.14 bits per heavy atom. The summed E-state index contributed by atoms with van der Waals surface area (Å²) in [5, 5.41) is 18.6. The van der Waals surface area contributed by atoms with Gasteiger partial charge in [0.2, 0.25) is 5.91 Å². The molecule has 1 heterocycles. The molecule has 0 saturated carbocycles. The zero-order valence-corrected chi connectivity index (χ0v) is 17.4. The van der Waals surface area contributed by atoms with Gasteiger partial charge in [0.05, 0.1) is 10.6 Å². The summed E-state index contributed by atoms with van der Waals surface area (Å²) in [6, 6.07) is 16.1. The number of benzene rings is 2. The molecule has 1 aliphatic heterocycles. The van der Waals surface area contributed by atoms with Crippen molar-refractivity contribution < 1.29 is 9.90 Å². The molecule has 3 rings (SSSR count). The van der Waals surface area contributed by atoms with Crippen LogP contribution >= 0.6 is 11.6 Å². The molecule has 2 aromatic carbocycles. The minimum Gasteiger partial charge on any atom is -0.396 e. The molecule has 1 N–H and O–H groups in total. The molecule has 29 heavy (non-hydrogen) atoms. The maximum Gasteiger partial charge on any atom is 0.222 e. The third-order valence-electron chi connectivity index (χ3n) is 5.51. The molecule has 1 saturated heterocycles. The summed E-state index contributed by atoms with van der Waals surface area (Å²) < 4.78 is 0. The van der Waals surface area contributed by atoms with Crippen LogP contribution < -0.4 is 4.90 Å². The molecule has 0 bridgehead atoms. The van der Waals surface area contributed by atoms with E-state index in [2.05, 4.69) is 30.0 Å². The van der Waals surface area contributed by atoms with Gasteiger partial charge in [-0.15, -0.1) is 0 Å². The number of aryl methyl sites for hydroxylation is 1. The average Bonchev–Trinajstić information content (AvgIpc) is 3.21. The summed E-state index contributed by atoms with van der Waals surface area (Å²) in [6.45, 7) is 4.19. The van der Waals surface area contributed by atoms with Crippen LogP contribution in [0.1, 0.15) is 36.0 Å². The number of carbonyl (C=O) groups excluding carboxylic acids is 1. The molecule has 1 atom stereocenters. The number of anilines is 1. The summed E-state index contributed by atoms with van der Waals surface area (Å²) >= 11 is 6.31. The number of hydrogen-bond acceptors (Lipinski definition) is 4. The topological polar surface area (TPSA) is 67.6 Å². The fourth-order valence-electron chi connectivity index (χ4n) is 3.79. The maximum absolute atomic E-state index is 12.4. The zero-order chi connectivity index (χ0) is 20.8. The van der Waals surface area contributed by atoms with E-state index in [4.69, 9.17) is 16.7 Å². The lowest BCUT2D eigenvalue weighted by Crippen LogP contribution is -2.38. The number of carbonyl (C=O) groups is 1. The van der Waals surface area contributed by atoms with Crippen molar-refractivity contribution in [1.29, 1.82) is 5.26 Å². The van der Waals surface area contributed by atoms with E-state index < -0.39 is 0 Å². The number of nitriles is 1. The predicted octanol–water partition coefficient (Wildman–Crippen LogP) is 3.90. The van der Waals surface area contributed by atoms with E-state index in [1.807, 2.05) is 29.2 Å². The highest BCUT2D eigenvalue weighted by Gasteiger charge is 2.31. The van der Waals surface area contributed by atoms with Crippen molar-refractivity contribution in [3.05, 3.63) is 64.2 Å². The van der Waals surface area contributed by atoms with Crippen LogP contribution in [0.15, 0.2) is 42.5 Å². The van der Waals surface area contributed by atoms with E-state index in [1.165, 1.54) is 11.1 Å². The van der Waals surface area contributed by atoms with Crippen molar-refractivity contribution in [2.75, 3.05) is 24.6 Å². The van der Waals surface area contributed by atoms with Crippen molar-refractivity contribution in [1.82, 2.24) is 4.90 Å². The largest absolute Gasteiger partial charge is 0.396 e. The fourth-order valence-corrected chi connectivity index (χ4v) is 4.00. The lowest BCUT2D eigenvalue weighted by Gasteiger charge is -2.32. The van der Waals surface area contributed by atoms with Crippen LogP contribution in [0.25, 0.3) is 0 Å². The number of likely N-dealkylation sites (tertiary alicyclic amines) is 1. The van der Waals surface area contributed by atoms with Crippen LogP contribution in [0.3, 0.4) is 0 Å². The van der Waals surface area contributed by atoms with Crippen molar-refractivity contribution in [3.8, 4) is 6.07 Å². The Morgan fingerprint density at radius 1 is 1.34 bits per heavy atom. The first-order valence-electron chi connectivity index (χ1n) is 9.93. The number of halogens is 1. The summed E-state index contributed by atoms with van der Waals surface area (Å²) in [5.41, 5.74) is 3.84. The highest BCUT2D eigenvalue weighted by molar-refractivity contribution is 6.32. The van der Waals surface area contributed by atoms with Crippen molar-refractivity contribution in [2.45, 2.75) is 38.8 Å². The van der Waals surface area contributed by atoms with Gasteiger partial charge in [-0.1, -0.05) is 35.9 Å². The van der Waals surface area contributed by atoms with Crippen LogP contribution in [0.2, 0.25) is 5.02 Å². The number of nitrogens with zero attached hydrogens (tertiary/aromatic N) is 3. The average molecular weight is 412 g/mol. The Kier molecular flexibility index (Phi) is 7.13. The minimum atomic E-state index is 0.0339. The molecule has 0 aromatic heterocycles. The van der Waals surface area contributed by atoms with Crippen molar-refractivity contribution in [2.24, 2.45) is 0 Å². The molecule has 0 aliphatic carbocycles. The van der Waals surface area contributed by atoms with Gasteiger partial charge in [0.15, 0.2) is 0 Å². The van der Waals surface area contributed by atoms with Gasteiger partial charge >= 0.3 is 0 Å². The highest BCUT2D eigenvalue weighted by atomic mass is 35.5.